The van der Waals surface area contributed by atoms with Crippen molar-refractivity contribution < 1.29 is 0 Å². The van der Waals surface area contributed by atoms with Gasteiger partial charge in [-0.25, -0.2) is 0 Å². The lowest BCUT2D eigenvalue weighted by Gasteiger charge is -2.27. The molecular weight excluding hydrogens is 220 g/mol. The highest BCUT2D eigenvalue weighted by atomic mass is 32.1. The van der Waals surface area contributed by atoms with Crippen molar-refractivity contribution in [1.82, 2.24) is 0 Å². The Morgan fingerprint density at radius 1 is 0.933 bits per heavy atom. The van der Waals surface area contributed by atoms with Crippen molar-refractivity contribution in [3.8, 4) is 9.75 Å². The van der Waals surface area contributed by atoms with Gasteiger partial charge in [0, 0.05) is 15.2 Å². The summed E-state index contributed by atoms with van der Waals surface area (Å²) in [6.07, 6.45) is 2.44. The first-order valence-electron chi connectivity index (χ1n) is 5.49. The zero-order chi connectivity index (χ0) is 10.5. The lowest BCUT2D eigenvalue weighted by molar-refractivity contribution is 0.492. The molecule has 0 bridgehead atoms. The number of hydrogen-bond acceptors (Lipinski definition) is 2. The lowest BCUT2D eigenvalue weighted by atomic mass is 9.75. The largest absolute Gasteiger partial charge is 0.143 e. The summed E-state index contributed by atoms with van der Waals surface area (Å²) in [5, 5.41) is 4.49. The number of hydrogen-bond donors (Lipinski definition) is 0. The smallest absolute Gasteiger partial charge is 0.0486 e. The second kappa shape index (κ2) is 3.19. The van der Waals surface area contributed by atoms with Crippen molar-refractivity contribution in [3.05, 3.63) is 34.0 Å². The van der Waals surface area contributed by atoms with Crippen molar-refractivity contribution in [1.29, 1.82) is 0 Å². The maximum absolute atomic E-state index is 2.33. The van der Waals surface area contributed by atoms with Crippen LogP contribution in [0.15, 0.2) is 22.9 Å². The van der Waals surface area contributed by atoms with Crippen molar-refractivity contribution in [2.24, 2.45) is 0 Å². The maximum Gasteiger partial charge on any atom is 0.0486 e. The minimum Gasteiger partial charge on any atom is -0.143 e. The molecule has 2 heteroatoms. The Balaban J connectivity index is 2.35. The summed E-state index contributed by atoms with van der Waals surface area (Å²) in [6, 6.07) is 4.67. The third-order valence-corrected chi connectivity index (χ3v) is 5.77. The first-order valence-corrected chi connectivity index (χ1v) is 7.25. The predicted molar refractivity (Wildman–Crippen MR) is 69.0 cm³/mol. The van der Waals surface area contributed by atoms with Crippen molar-refractivity contribution in [2.45, 2.75) is 32.1 Å². The highest BCUT2D eigenvalue weighted by Crippen LogP contribution is 2.56. The molecule has 0 unspecified atom stereocenters. The van der Waals surface area contributed by atoms with Gasteiger partial charge in [0.25, 0.3) is 0 Å². The fraction of sp³-hybridized carbons (Fsp3) is 0.385. The van der Waals surface area contributed by atoms with Gasteiger partial charge in [-0.3, -0.25) is 0 Å². The highest BCUT2D eigenvalue weighted by Gasteiger charge is 2.41. The quantitative estimate of drug-likeness (QED) is 0.693. The molecule has 2 aromatic heterocycles. The van der Waals surface area contributed by atoms with Gasteiger partial charge in [0.05, 0.1) is 0 Å². The van der Waals surface area contributed by atoms with Gasteiger partial charge in [0.15, 0.2) is 0 Å². The zero-order valence-corrected chi connectivity index (χ0v) is 10.7. The summed E-state index contributed by atoms with van der Waals surface area (Å²) in [7, 11) is 0. The van der Waals surface area contributed by atoms with Crippen LogP contribution in [-0.4, -0.2) is 0 Å². The lowest BCUT2D eigenvalue weighted by Crippen LogP contribution is -2.22. The van der Waals surface area contributed by atoms with Gasteiger partial charge in [0.1, 0.15) is 0 Å². The molecule has 0 atom stereocenters. The Morgan fingerprint density at radius 3 is 1.80 bits per heavy atom. The van der Waals surface area contributed by atoms with E-state index < -0.39 is 0 Å². The molecule has 0 aromatic carbocycles. The summed E-state index contributed by atoms with van der Waals surface area (Å²) >= 11 is 3.81. The standard InChI is InChI=1S/C13H14S2/c1-3-13(4-2)9-5-7-14-11(9)12-10(13)6-8-15-12/h5-8H,3-4H2,1-2H3. The van der Waals surface area contributed by atoms with Crippen molar-refractivity contribution in [3.63, 3.8) is 0 Å². The molecule has 0 saturated heterocycles. The molecule has 15 heavy (non-hydrogen) atoms. The van der Waals surface area contributed by atoms with Crippen molar-refractivity contribution in [2.75, 3.05) is 0 Å². The summed E-state index contributed by atoms with van der Waals surface area (Å²) < 4.78 is 0. The van der Waals surface area contributed by atoms with Crippen LogP contribution in [0, 0.1) is 0 Å². The topological polar surface area (TPSA) is 0 Å². The molecular formula is C13H14S2. The molecule has 3 rings (SSSR count). The molecule has 2 heterocycles. The van der Waals surface area contributed by atoms with Crippen molar-refractivity contribution >= 4 is 22.7 Å². The minimum absolute atomic E-state index is 0.324. The van der Waals surface area contributed by atoms with Gasteiger partial charge in [-0.15, -0.1) is 22.7 Å². The van der Waals surface area contributed by atoms with E-state index in [9.17, 15) is 0 Å². The molecule has 0 fully saturated rings. The van der Waals surface area contributed by atoms with Crippen LogP contribution in [0.25, 0.3) is 9.75 Å². The molecule has 0 N–H and O–H groups in total. The number of rotatable bonds is 2. The van der Waals surface area contributed by atoms with Gasteiger partial charge in [0.2, 0.25) is 0 Å². The third-order valence-electron chi connectivity index (χ3n) is 3.77. The van der Waals surface area contributed by atoms with E-state index in [0.29, 0.717) is 5.41 Å². The average molecular weight is 234 g/mol. The number of thiophene rings is 2. The second-order valence-electron chi connectivity index (χ2n) is 4.12. The van der Waals surface area contributed by atoms with Crippen LogP contribution in [0.5, 0.6) is 0 Å². The van der Waals surface area contributed by atoms with E-state index in [4.69, 9.17) is 0 Å². The van der Waals surface area contributed by atoms with E-state index >= 15 is 0 Å². The van der Waals surface area contributed by atoms with E-state index in [1.165, 1.54) is 22.6 Å². The predicted octanol–water partition coefficient (Wildman–Crippen LogP) is 4.90. The fourth-order valence-electron chi connectivity index (χ4n) is 2.88. The molecule has 0 spiro atoms. The van der Waals surface area contributed by atoms with E-state index in [1.807, 2.05) is 22.7 Å². The molecule has 1 aliphatic carbocycles. The van der Waals surface area contributed by atoms with E-state index in [-0.39, 0.29) is 0 Å². The molecule has 2 aromatic rings. The number of fused-ring (bicyclic) bond motifs is 3. The Labute approximate surface area is 98.6 Å². The average Bonchev–Trinajstić information content (AvgIpc) is 2.90. The van der Waals surface area contributed by atoms with Crippen LogP contribution < -0.4 is 0 Å². The summed E-state index contributed by atoms with van der Waals surface area (Å²) in [5.74, 6) is 0. The van der Waals surface area contributed by atoms with Crippen LogP contribution in [0.1, 0.15) is 37.8 Å². The molecule has 0 saturated carbocycles. The van der Waals surface area contributed by atoms with E-state index in [0.717, 1.165) is 0 Å². The highest BCUT2D eigenvalue weighted by molar-refractivity contribution is 7.21. The monoisotopic (exact) mass is 234 g/mol. The van der Waals surface area contributed by atoms with E-state index in [1.54, 1.807) is 11.1 Å². The maximum atomic E-state index is 2.33. The zero-order valence-electron chi connectivity index (χ0n) is 9.04. The van der Waals surface area contributed by atoms with Gasteiger partial charge >= 0.3 is 0 Å². The summed E-state index contributed by atoms with van der Waals surface area (Å²) in [4.78, 5) is 3.06. The van der Waals surface area contributed by atoms with Crippen LogP contribution in [0.3, 0.4) is 0 Å². The Morgan fingerprint density at radius 2 is 1.40 bits per heavy atom. The Hall–Kier alpha value is -0.600. The Kier molecular flexibility index (Phi) is 2.05. The molecule has 0 nitrogen and oxygen atoms in total. The van der Waals surface area contributed by atoms with Gasteiger partial charge in [-0.2, -0.15) is 0 Å². The molecule has 1 aliphatic rings. The van der Waals surface area contributed by atoms with Gasteiger partial charge in [-0.05, 0) is 46.9 Å². The van der Waals surface area contributed by atoms with Gasteiger partial charge < -0.3 is 0 Å². The second-order valence-corrected chi connectivity index (χ2v) is 5.95. The molecule has 0 radical (unpaired) electrons. The molecule has 78 valence electrons. The molecule has 0 aliphatic heterocycles. The van der Waals surface area contributed by atoms with E-state index in [2.05, 4.69) is 36.7 Å². The first-order chi connectivity index (χ1) is 7.33. The minimum atomic E-state index is 0.324. The normalized spacial score (nSPS) is 16.4. The van der Waals surface area contributed by atoms with Crippen LogP contribution in [-0.2, 0) is 5.41 Å². The Bertz CT molecular complexity index is 444. The summed E-state index contributed by atoms with van der Waals surface area (Å²) in [5.41, 5.74) is 3.49. The SMILES string of the molecule is CCC1(CC)c2ccsc2-c2sccc21. The molecule has 0 amide bonds. The summed E-state index contributed by atoms with van der Waals surface area (Å²) in [6.45, 7) is 4.63. The van der Waals surface area contributed by atoms with Gasteiger partial charge in [-0.1, -0.05) is 13.8 Å². The van der Waals surface area contributed by atoms with Crippen LogP contribution in [0.4, 0.5) is 0 Å². The first kappa shape index (κ1) is 9.61. The van der Waals surface area contributed by atoms with Crippen LogP contribution in [0.2, 0.25) is 0 Å². The fourth-order valence-corrected chi connectivity index (χ4v) is 5.06. The third kappa shape index (κ3) is 1.02. The van der Waals surface area contributed by atoms with Crippen LogP contribution >= 0.6 is 22.7 Å².